The number of ether oxygens (including phenoxy) is 4. The summed E-state index contributed by atoms with van der Waals surface area (Å²) in [5, 5.41) is 17.3. The van der Waals surface area contributed by atoms with Crippen molar-refractivity contribution >= 4 is 33.1 Å². The Hall–Kier alpha value is -4.49. The number of benzene rings is 2. The molecule has 4 aromatic rings. The lowest BCUT2D eigenvalue weighted by atomic mass is 9.96. The maximum absolute atomic E-state index is 13.4. The third-order valence-corrected chi connectivity index (χ3v) is 7.16. The quantitative estimate of drug-likeness (QED) is 0.348. The Labute approximate surface area is 217 Å². The molecule has 0 saturated heterocycles. The summed E-state index contributed by atoms with van der Waals surface area (Å²) in [5.74, 6) is 1.48. The van der Waals surface area contributed by atoms with Gasteiger partial charge in [0.15, 0.2) is 11.5 Å². The molecule has 1 atom stereocenters. The number of pyridine rings is 1. The molecule has 0 spiro atoms. The first-order valence-corrected chi connectivity index (χ1v) is 12.3. The van der Waals surface area contributed by atoms with Crippen molar-refractivity contribution in [2.24, 2.45) is 0 Å². The van der Waals surface area contributed by atoms with Crippen LogP contribution in [0.15, 0.2) is 42.5 Å². The third kappa shape index (κ3) is 4.03. The van der Waals surface area contributed by atoms with E-state index in [1.54, 1.807) is 33.5 Å². The largest absolute Gasteiger partial charge is 0.496 e. The Morgan fingerprint density at radius 3 is 2.38 bits per heavy atom. The van der Waals surface area contributed by atoms with Crippen LogP contribution in [0.2, 0.25) is 0 Å². The average molecular weight is 517 g/mol. The second-order valence-corrected chi connectivity index (χ2v) is 9.06. The molecule has 0 saturated carbocycles. The van der Waals surface area contributed by atoms with Gasteiger partial charge in [-0.15, -0.1) is 11.3 Å². The zero-order chi connectivity index (χ0) is 26.1. The van der Waals surface area contributed by atoms with Gasteiger partial charge in [-0.1, -0.05) is 30.3 Å². The van der Waals surface area contributed by atoms with Crippen LogP contribution < -0.4 is 29.6 Å². The summed E-state index contributed by atoms with van der Waals surface area (Å²) in [5.41, 5.74) is 3.04. The van der Waals surface area contributed by atoms with Crippen molar-refractivity contribution in [2.45, 2.75) is 13.1 Å². The number of nitriles is 1. The first kappa shape index (κ1) is 24.2. The number of anilines is 1. The monoisotopic (exact) mass is 516 g/mol. The van der Waals surface area contributed by atoms with E-state index in [4.69, 9.17) is 18.9 Å². The zero-order valence-electron chi connectivity index (χ0n) is 20.7. The van der Waals surface area contributed by atoms with Gasteiger partial charge in [0.25, 0.3) is 5.91 Å². The first-order valence-electron chi connectivity index (χ1n) is 11.5. The summed E-state index contributed by atoms with van der Waals surface area (Å²) < 4.78 is 22.2. The van der Waals surface area contributed by atoms with Gasteiger partial charge < -0.3 is 29.6 Å². The van der Waals surface area contributed by atoms with Crippen molar-refractivity contribution in [3.63, 3.8) is 0 Å². The van der Waals surface area contributed by atoms with Gasteiger partial charge in [0.1, 0.15) is 33.3 Å². The molecule has 2 aromatic carbocycles. The zero-order valence-corrected chi connectivity index (χ0v) is 21.5. The van der Waals surface area contributed by atoms with Gasteiger partial charge in [-0.3, -0.25) is 4.79 Å². The molecule has 1 unspecified atom stereocenters. The van der Waals surface area contributed by atoms with Gasteiger partial charge >= 0.3 is 0 Å². The molecule has 37 heavy (non-hydrogen) atoms. The summed E-state index contributed by atoms with van der Waals surface area (Å²) in [6.45, 7) is 2.19. The molecule has 2 aromatic heterocycles. The van der Waals surface area contributed by atoms with E-state index < -0.39 is 6.17 Å². The van der Waals surface area contributed by atoms with E-state index >= 15 is 0 Å². The Morgan fingerprint density at radius 2 is 1.73 bits per heavy atom. The molecule has 188 valence electrons. The normalized spacial score (nSPS) is 14.2. The van der Waals surface area contributed by atoms with Crippen LogP contribution in [0.25, 0.3) is 21.3 Å². The molecule has 1 amide bonds. The van der Waals surface area contributed by atoms with Gasteiger partial charge in [-0.2, -0.15) is 5.26 Å². The van der Waals surface area contributed by atoms with E-state index in [0.29, 0.717) is 61.3 Å². The lowest BCUT2D eigenvalue weighted by Gasteiger charge is -2.28. The SMILES string of the molecule is CCOc1nc2sc3c(c2c(-c2ccccc2)c1C#N)NC(c1cc(OC)c(OC)cc1OC)NC3=O. The Balaban J connectivity index is 1.75. The summed E-state index contributed by atoms with van der Waals surface area (Å²) in [4.78, 5) is 19.1. The Morgan fingerprint density at radius 1 is 1.03 bits per heavy atom. The maximum atomic E-state index is 13.4. The minimum absolute atomic E-state index is 0.244. The van der Waals surface area contributed by atoms with Crippen LogP contribution in [0.4, 0.5) is 5.69 Å². The number of amides is 1. The number of thiophene rings is 1. The molecule has 5 rings (SSSR count). The molecular formula is C27H24N4O5S. The molecule has 0 fully saturated rings. The molecule has 2 N–H and O–H groups in total. The van der Waals surface area contributed by atoms with Gasteiger partial charge in [0.2, 0.25) is 5.88 Å². The van der Waals surface area contributed by atoms with E-state index in [-0.39, 0.29) is 11.8 Å². The molecule has 3 heterocycles. The van der Waals surface area contributed by atoms with Crippen molar-refractivity contribution in [2.75, 3.05) is 33.3 Å². The number of rotatable bonds is 7. The smallest absolute Gasteiger partial charge is 0.265 e. The fourth-order valence-corrected chi connectivity index (χ4v) is 5.50. The predicted molar refractivity (Wildman–Crippen MR) is 141 cm³/mol. The molecule has 10 heteroatoms. The van der Waals surface area contributed by atoms with Gasteiger partial charge in [0, 0.05) is 22.6 Å². The van der Waals surface area contributed by atoms with E-state index in [2.05, 4.69) is 21.7 Å². The van der Waals surface area contributed by atoms with Crippen LogP contribution in [0, 0.1) is 11.3 Å². The van der Waals surface area contributed by atoms with Crippen molar-refractivity contribution < 1.29 is 23.7 Å². The number of nitrogens with one attached hydrogen (secondary N) is 2. The second-order valence-electron chi connectivity index (χ2n) is 8.06. The number of methoxy groups -OCH3 is 3. The fourth-order valence-electron chi connectivity index (χ4n) is 4.46. The summed E-state index contributed by atoms with van der Waals surface area (Å²) in [6, 6.07) is 15.3. The van der Waals surface area contributed by atoms with Crippen LogP contribution in [-0.4, -0.2) is 38.8 Å². The minimum atomic E-state index is -0.645. The standard InChI is InChI=1S/C27H24N4O5S/c1-5-36-26-16(13-28)20(14-9-7-6-8-10-14)21-22-23(37-27(21)31-26)25(32)30-24(29-22)15-11-18(34-3)19(35-4)12-17(15)33-2/h6-12,24,29H,5H2,1-4H3,(H,30,32). The van der Waals surface area contributed by atoms with Crippen molar-refractivity contribution in [3.05, 3.63) is 58.5 Å². The summed E-state index contributed by atoms with van der Waals surface area (Å²) in [7, 11) is 4.64. The molecular weight excluding hydrogens is 492 g/mol. The minimum Gasteiger partial charge on any atom is -0.496 e. The van der Waals surface area contributed by atoms with Gasteiger partial charge in [0.05, 0.1) is 33.6 Å². The van der Waals surface area contributed by atoms with E-state index in [1.165, 1.54) is 11.3 Å². The second kappa shape index (κ2) is 9.87. The lowest BCUT2D eigenvalue weighted by molar-refractivity contribution is 0.0939. The van der Waals surface area contributed by atoms with Crippen LogP contribution in [0.1, 0.15) is 33.9 Å². The van der Waals surface area contributed by atoms with Gasteiger partial charge in [-0.05, 0) is 18.6 Å². The number of fused-ring (bicyclic) bond motifs is 3. The van der Waals surface area contributed by atoms with E-state index in [9.17, 15) is 10.1 Å². The van der Waals surface area contributed by atoms with Crippen molar-refractivity contribution in [1.82, 2.24) is 10.3 Å². The van der Waals surface area contributed by atoms with Crippen molar-refractivity contribution in [1.29, 1.82) is 5.26 Å². The average Bonchev–Trinajstić information content (AvgIpc) is 3.30. The molecule has 0 aliphatic carbocycles. The highest BCUT2D eigenvalue weighted by Gasteiger charge is 2.34. The predicted octanol–water partition coefficient (Wildman–Crippen LogP) is 5.11. The number of nitrogens with zero attached hydrogens (tertiary/aromatic N) is 2. The maximum Gasteiger partial charge on any atom is 0.265 e. The van der Waals surface area contributed by atoms with Crippen LogP contribution in [0.5, 0.6) is 23.1 Å². The molecule has 9 nitrogen and oxygen atoms in total. The number of aromatic nitrogens is 1. The Kier molecular flexibility index (Phi) is 6.46. The van der Waals surface area contributed by atoms with E-state index in [1.807, 2.05) is 37.3 Å². The topological polar surface area (TPSA) is 115 Å². The number of carbonyl (C=O) groups is 1. The third-order valence-electron chi connectivity index (χ3n) is 6.08. The number of hydrogen-bond acceptors (Lipinski definition) is 9. The van der Waals surface area contributed by atoms with Gasteiger partial charge in [-0.25, -0.2) is 4.98 Å². The lowest BCUT2D eigenvalue weighted by Crippen LogP contribution is -2.37. The summed E-state index contributed by atoms with van der Waals surface area (Å²) >= 11 is 1.25. The number of carbonyl (C=O) groups excluding carboxylic acids is 1. The van der Waals surface area contributed by atoms with Crippen LogP contribution in [-0.2, 0) is 0 Å². The van der Waals surface area contributed by atoms with Crippen molar-refractivity contribution in [3.8, 4) is 40.3 Å². The van der Waals surface area contributed by atoms with Crippen LogP contribution >= 0.6 is 11.3 Å². The highest BCUT2D eigenvalue weighted by atomic mass is 32.1. The molecule has 0 bridgehead atoms. The summed E-state index contributed by atoms with van der Waals surface area (Å²) in [6.07, 6.45) is -0.645. The molecule has 0 radical (unpaired) electrons. The fraction of sp³-hybridized carbons (Fsp3) is 0.222. The highest BCUT2D eigenvalue weighted by Crippen LogP contribution is 2.48. The first-order chi connectivity index (χ1) is 18.0. The highest BCUT2D eigenvalue weighted by molar-refractivity contribution is 7.21. The van der Waals surface area contributed by atoms with E-state index in [0.717, 1.165) is 5.56 Å². The Bertz CT molecular complexity index is 1540. The molecule has 1 aliphatic heterocycles. The number of hydrogen-bond donors (Lipinski definition) is 2. The van der Waals surface area contributed by atoms with Crippen LogP contribution in [0.3, 0.4) is 0 Å². The molecule has 1 aliphatic rings.